The Hall–Kier alpha value is -4.78. The number of benzene rings is 3. The standard InChI is InChI=1S/C41H47N4O8P/c1-8-30-26-44(40(47)43-39(30)46)38-25-36(53-54(51-24-12-23-42)45(28(2)3)29(4)5)37(52-38)27-50-41(31-13-10-9-11-14-31,32-15-19-34(48-6)20-16-32)33-17-21-35(49-7)22-18-33/h1,9-11,13-22,26,28-29,36-38H,12,24-25,27H2,2-7H3,(H,43,46,47). The van der Waals surface area contributed by atoms with E-state index in [1.807, 2.05) is 78.9 Å². The van der Waals surface area contributed by atoms with E-state index in [0.717, 1.165) is 16.7 Å². The first-order valence-electron chi connectivity index (χ1n) is 17.8. The molecule has 4 unspecified atom stereocenters. The molecule has 3 aromatic carbocycles. The number of methoxy groups -OCH3 is 2. The minimum absolute atomic E-state index is 0.00105. The molecule has 54 heavy (non-hydrogen) atoms. The van der Waals surface area contributed by atoms with Crippen LogP contribution in [0.3, 0.4) is 0 Å². The summed E-state index contributed by atoms with van der Waals surface area (Å²) in [5, 5.41) is 9.30. The number of H-pyrrole nitrogens is 1. The van der Waals surface area contributed by atoms with Crippen LogP contribution in [0.2, 0.25) is 0 Å². The number of aromatic amines is 1. The first kappa shape index (κ1) is 40.4. The number of ether oxygens (including phenoxy) is 4. The van der Waals surface area contributed by atoms with E-state index >= 15 is 0 Å². The van der Waals surface area contributed by atoms with Crippen LogP contribution in [-0.4, -0.2) is 65.9 Å². The van der Waals surface area contributed by atoms with Gasteiger partial charge in [0.1, 0.15) is 35.0 Å². The van der Waals surface area contributed by atoms with Gasteiger partial charge in [-0.2, -0.15) is 5.26 Å². The fourth-order valence-corrected chi connectivity index (χ4v) is 8.38. The van der Waals surface area contributed by atoms with Gasteiger partial charge in [0.15, 0.2) is 0 Å². The van der Waals surface area contributed by atoms with Gasteiger partial charge in [0.05, 0.1) is 46.0 Å². The molecular weight excluding hydrogens is 707 g/mol. The van der Waals surface area contributed by atoms with E-state index in [4.69, 9.17) is 34.4 Å². The van der Waals surface area contributed by atoms with Crippen LogP contribution in [0.4, 0.5) is 0 Å². The topological polar surface area (TPSA) is 137 Å². The van der Waals surface area contributed by atoms with Gasteiger partial charge in [0.2, 0.25) is 0 Å². The minimum atomic E-state index is -1.70. The van der Waals surface area contributed by atoms with Gasteiger partial charge in [0.25, 0.3) is 14.1 Å². The number of terminal acetylenes is 1. The Morgan fingerprint density at radius 1 is 0.944 bits per heavy atom. The smallest absolute Gasteiger partial charge is 0.330 e. The maximum atomic E-state index is 13.2. The van der Waals surface area contributed by atoms with E-state index in [0.29, 0.717) is 11.5 Å². The Labute approximate surface area is 317 Å². The molecule has 0 saturated carbocycles. The van der Waals surface area contributed by atoms with Crippen LogP contribution in [0.15, 0.2) is 94.6 Å². The van der Waals surface area contributed by atoms with Crippen LogP contribution in [0.5, 0.6) is 11.5 Å². The number of rotatable bonds is 17. The molecule has 5 rings (SSSR count). The van der Waals surface area contributed by atoms with Crippen LogP contribution in [-0.2, 0) is 24.1 Å². The Morgan fingerprint density at radius 2 is 1.52 bits per heavy atom. The number of nitriles is 1. The van der Waals surface area contributed by atoms with E-state index in [2.05, 4.69) is 49.3 Å². The van der Waals surface area contributed by atoms with Crippen molar-refractivity contribution in [2.24, 2.45) is 0 Å². The normalized spacial score (nSPS) is 17.7. The SMILES string of the molecule is C#Cc1cn(C2CC(OP(OCCC#N)N(C(C)C)C(C)C)C(COC(c3ccccc3)(c3ccc(OC)cc3)c3ccc(OC)cc3)O2)c(=O)[nH]c1=O. The van der Waals surface area contributed by atoms with E-state index in [-0.39, 0.29) is 43.7 Å². The summed E-state index contributed by atoms with van der Waals surface area (Å²) in [6, 6.07) is 27.5. The lowest BCUT2D eigenvalue weighted by Crippen LogP contribution is -2.39. The summed E-state index contributed by atoms with van der Waals surface area (Å²) in [4.78, 5) is 27.9. The molecular formula is C41H47N4O8P. The molecule has 12 nitrogen and oxygen atoms in total. The van der Waals surface area contributed by atoms with Crippen molar-refractivity contribution in [3.05, 3.63) is 128 Å². The van der Waals surface area contributed by atoms with Gasteiger partial charge >= 0.3 is 5.69 Å². The highest BCUT2D eigenvalue weighted by atomic mass is 31.2. The monoisotopic (exact) mass is 754 g/mol. The highest BCUT2D eigenvalue weighted by Gasteiger charge is 2.45. The third-order valence-electron chi connectivity index (χ3n) is 9.14. The lowest BCUT2D eigenvalue weighted by Gasteiger charge is -2.39. The van der Waals surface area contributed by atoms with E-state index in [1.54, 1.807) is 14.2 Å². The molecule has 1 fully saturated rings. The minimum Gasteiger partial charge on any atom is -0.497 e. The molecule has 284 valence electrons. The second kappa shape index (κ2) is 18.5. The molecule has 1 aliphatic rings. The van der Waals surface area contributed by atoms with Crippen LogP contribution in [0.25, 0.3) is 0 Å². The van der Waals surface area contributed by atoms with Gasteiger partial charge in [-0.05, 0) is 68.7 Å². The molecule has 1 aliphatic heterocycles. The summed E-state index contributed by atoms with van der Waals surface area (Å²) in [7, 11) is 1.53. The molecule has 4 aromatic rings. The fourth-order valence-electron chi connectivity index (χ4n) is 6.63. The largest absolute Gasteiger partial charge is 0.497 e. The molecule has 1 N–H and O–H groups in total. The van der Waals surface area contributed by atoms with Gasteiger partial charge in [-0.15, -0.1) is 6.42 Å². The van der Waals surface area contributed by atoms with Crippen molar-refractivity contribution in [3.8, 4) is 29.9 Å². The molecule has 0 aliphatic carbocycles. The second-order valence-electron chi connectivity index (χ2n) is 13.2. The van der Waals surface area contributed by atoms with E-state index < -0.39 is 43.8 Å². The Bertz CT molecular complexity index is 1960. The predicted octanol–water partition coefficient (Wildman–Crippen LogP) is 6.49. The van der Waals surface area contributed by atoms with Crippen molar-refractivity contribution in [3.63, 3.8) is 0 Å². The van der Waals surface area contributed by atoms with Crippen molar-refractivity contribution < 1.29 is 28.0 Å². The van der Waals surface area contributed by atoms with Crippen molar-refractivity contribution in [1.82, 2.24) is 14.2 Å². The summed E-state index contributed by atoms with van der Waals surface area (Å²) >= 11 is 0. The maximum absolute atomic E-state index is 13.2. The molecule has 1 aromatic heterocycles. The zero-order chi connectivity index (χ0) is 38.8. The quantitative estimate of drug-likeness (QED) is 0.0551. The molecule has 2 heterocycles. The molecule has 13 heteroatoms. The van der Waals surface area contributed by atoms with E-state index in [1.165, 1.54) is 10.8 Å². The van der Waals surface area contributed by atoms with Crippen molar-refractivity contribution in [2.45, 2.75) is 76.7 Å². The molecule has 0 bridgehead atoms. The van der Waals surface area contributed by atoms with Crippen LogP contribution >= 0.6 is 8.53 Å². The number of hydrogen-bond acceptors (Lipinski definition) is 10. The van der Waals surface area contributed by atoms with Crippen molar-refractivity contribution in [2.75, 3.05) is 27.4 Å². The second-order valence-corrected chi connectivity index (χ2v) is 14.6. The summed E-state index contributed by atoms with van der Waals surface area (Å²) < 4.78 is 41.4. The third-order valence-corrected chi connectivity index (χ3v) is 11.3. The van der Waals surface area contributed by atoms with Crippen molar-refractivity contribution >= 4 is 8.53 Å². The molecule has 1 saturated heterocycles. The van der Waals surface area contributed by atoms with E-state index in [9.17, 15) is 14.9 Å². The first-order valence-corrected chi connectivity index (χ1v) is 18.9. The number of nitrogens with one attached hydrogen (secondary N) is 1. The summed E-state index contributed by atoms with van der Waals surface area (Å²) in [6.45, 7) is 8.40. The summed E-state index contributed by atoms with van der Waals surface area (Å²) in [5.41, 5.74) is 0.0203. The van der Waals surface area contributed by atoms with Crippen molar-refractivity contribution in [1.29, 1.82) is 5.26 Å². The predicted molar refractivity (Wildman–Crippen MR) is 206 cm³/mol. The highest BCUT2D eigenvalue weighted by Crippen LogP contribution is 2.50. The summed E-state index contributed by atoms with van der Waals surface area (Å²) in [6.07, 6.45) is 5.07. The molecule has 4 atom stereocenters. The summed E-state index contributed by atoms with van der Waals surface area (Å²) in [5.74, 6) is 3.72. The average molecular weight is 755 g/mol. The van der Waals surface area contributed by atoms with Gasteiger partial charge in [-0.3, -0.25) is 14.3 Å². The maximum Gasteiger partial charge on any atom is 0.330 e. The Balaban J connectivity index is 1.61. The molecule has 0 amide bonds. The molecule has 0 radical (unpaired) electrons. The first-order chi connectivity index (χ1) is 26.1. The lowest BCUT2D eigenvalue weighted by atomic mass is 9.80. The zero-order valence-electron chi connectivity index (χ0n) is 31.4. The number of hydrogen-bond donors (Lipinski definition) is 1. The Kier molecular flexibility index (Phi) is 13.8. The van der Waals surface area contributed by atoms with Gasteiger partial charge in [-0.25, -0.2) is 9.46 Å². The number of nitrogens with zero attached hydrogens (tertiary/aromatic N) is 3. The van der Waals surface area contributed by atoms with Crippen LogP contribution in [0, 0.1) is 23.7 Å². The van der Waals surface area contributed by atoms with Crippen LogP contribution in [0.1, 0.15) is 69.0 Å². The average Bonchev–Trinajstić information content (AvgIpc) is 3.57. The third kappa shape index (κ3) is 8.94. The van der Waals surface area contributed by atoms with Crippen LogP contribution < -0.4 is 20.7 Å². The lowest BCUT2D eigenvalue weighted by molar-refractivity contribution is -0.0925. The van der Waals surface area contributed by atoms with Gasteiger partial charge in [-0.1, -0.05) is 60.5 Å². The van der Waals surface area contributed by atoms with Gasteiger partial charge in [0, 0.05) is 24.7 Å². The molecule has 0 spiro atoms. The highest BCUT2D eigenvalue weighted by molar-refractivity contribution is 7.44. The Morgan fingerprint density at radius 3 is 2.04 bits per heavy atom. The van der Waals surface area contributed by atoms with Gasteiger partial charge < -0.3 is 28.0 Å². The number of aromatic nitrogens is 2. The fraction of sp³-hybridized carbons (Fsp3) is 0.390. The zero-order valence-corrected chi connectivity index (χ0v) is 32.3.